The van der Waals surface area contributed by atoms with Crippen molar-refractivity contribution >= 4 is 17.3 Å². The lowest BCUT2D eigenvalue weighted by atomic mass is 10.1. The van der Waals surface area contributed by atoms with Gasteiger partial charge < -0.3 is 4.57 Å². The Morgan fingerprint density at radius 1 is 1.31 bits per heavy atom. The molecule has 0 aliphatic carbocycles. The number of pyridine rings is 1. The Balaban J connectivity index is 0.000000606. The molecule has 3 nitrogen and oxygen atoms in total. The number of fused-ring (bicyclic) bond motifs is 1. The number of hydrogen-bond donors (Lipinski definition) is 0. The highest BCUT2D eigenvalue weighted by atomic mass is 16.1. The van der Waals surface area contributed by atoms with Crippen LogP contribution in [-0.2, 0) is 7.05 Å². The third kappa shape index (κ3) is 1.85. The minimum absolute atomic E-state index is 0.712. The molecule has 0 fully saturated rings. The highest BCUT2D eigenvalue weighted by Crippen LogP contribution is 2.21. The summed E-state index contributed by atoms with van der Waals surface area (Å²) in [5, 5.41) is 1.06. The second kappa shape index (κ2) is 4.92. The van der Waals surface area contributed by atoms with Gasteiger partial charge in [0.05, 0.1) is 5.69 Å². The zero-order valence-corrected chi connectivity index (χ0v) is 10.5. The van der Waals surface area contributed by atoms with E-state index in [1.165, 1.54) is 0 Å². The van der Waals surface area contributed by atoms with Gasteiger partial charge in [0.1, 0.15) is 5.65 Å². The van der Waals surface area contributed by atoms with Crippen LogP contribution in [0.25, 0.3) is 11.0 Å². The number of nitrogens with zero attached hydrogens (tertiary/aromatic N) is 2. The highest BCUT2D eigenvalue weighted by molar-refractivity contribution is 5.90. The first-order valence-corrected chi connectivity index (χ1v) is 5.52. The van der Waals surface area contributed by atoms with E-state index in [1.54, 1.807) is 0 Å². The fourth-order valence-electron chi connectivity index (χ4n) is 1.76. The maximum atomic E-state index is 10.9. The molecule has 0 aromatic carbocycles. The summed E-state index contributed by atoms with van der Waals surface area (Å²) in [6, 6.07) is 1.99. The molecule has 86 valence electrons. The van der Waals surface area contributed by atoms with Gasteiger partial charge in [0.15, 0.2) is 6.29 Å². The number of aryl methyl sites for hydroxylation is 3. The lowest BCUT2D eigenvalue weighted by molar-refractivity contribution is 0.112. The minimum atomic E-state index is 0.712. The van der Waals surface area contributed by atoms with Crippen molar-refractivity contribution in [3.05, 3.63) is 29.1 Å². The molecule has 16 heavy (non-hydrogen) atoms. The van der Waals surface area contributed by atoms with Crippen LogP contribution in [0.5, 0.6) is 0 Å². The second-order valence-corrected chi connectivity index (χ2v) is 3.52. The average Bonchev–Trinajstić information content (AvgIpc) is 2.64. The number of rotatable bonds is 1. The minimum Gasteiger partial charge on any atom is -0.336 e. The van der Waals surface area contributed by atoms with Crippen LogP contribution in [0.15, 0.2) is 12.3 Å². The molecule has 0 amide bonds. The normalized spacial score (nSPS) is 9.81. The molecule has 0 unspecified atom stereocenters. The predicted molar refractivity (Wildman–Crippen MR) is 66.9 cm³/mol. The summed E-state index contributed by atoms with van der Waals surface area (Å²) in [5.41, 5.74) is 3.46. The molecule has 0 aliphatic heterocycles. The summed E-state index contributed by atoms with van der Waals surface area (Å²) in [4.78, 5) is 15.3. The van der Waals surface area contributed by atoms with E-state index in [-0.39, 0.29) is 0 Å². The van der Waals surface area contributed by atoms with Crippen molar-refractivity contribution in [2.75, 3.05) is 0 Å². The summed E-state index contributed by atoms with van der Waals surface area (Å²) < 4.78 is 1.96. The number of carbonyl (C=O) groups is 1. The van der Waals surface area contributed by atoms with Crippen LogP contribution in [0.1, 0.15) is 35.5 Å². The van der Waals surface area contributed by atoms with Gasteiger partial charge in [-0.15, -0.1) is 0 Å². The Kier molecular flexibility index (Phi) is 3.82. The Morgan fingerprint density at radius 3 is 2.50 bits per heavy atom. The maximum absolute atomic E-state index is 10.9. The molecule has 3 heteroatoms. The largest absolute Gasteiger partial charge is 0.336 e. The van der Waals surface area contributed by atoms with E-state index in [0.29, 0.717) is 5.56 Å². The second-order valence-electron chi connectivity index (χ2n) is 3.52. The van der Waals surface area contributed by atoms with Crippen LogP contribution in [0.2, 0.25) is 0 Å². The van der Waals surface area contributed by atoms with E-state index in [0.717, 1.165) is 28.6 Å². The molecule has 2 aromatic heterocycles. The zero-order valence-electron chi connectivity index (χ0n) is 10.5. The van der Waals surface area contributed by atoms with E-state index in [1.807, 2.05) is 51.6 Å². The van der Waals surface area contributed by atoms with Crippen LogP contribution in [-0.4, -0.2) is 15.8 Å². The molecule has 0 spiro atoms. The molecule has 0 saturated carbocycles. The third-order valence-electron chi connectivity index (χ3n) is 2.63. The van der Waals surface area contributed by atoms with E-state index >= 15 is 0 Å². The first-order chi connectivity index (χ1) is 7.65. The van der Waals surface area contributed by atoms with Gasteiger partial charge in [-0.2, -0.15) is 0 Å². The summed E-state index contributed by atoms with van der Waals surface area (Å²) in [7, 11) is 1.95. The molecule has 2 aromatic rings. The van der Waals surface area contributed by atoms with Crippen molar-refractivity contribution < 1.29 is 4.79 Å². The molecule has 0 atom stereocenters. The van der Waals surface area contributed by atoms with Gasteiger partial charge >= 0.3 is 0 Å². The van der Waals surface area contributed by atoms with Gasteiger partial charge in [-0.3, -0.25) is 4.79 Å². The Bertz CT molecular complexity index is 512. The van der Waals surface area contributed by atoms with Crippen molar-refractivity contribution in [2.45, 2.75) is 27.7 Å². The topological polar surface area (TPSA) is 34.9 Å². The SMILES string of the molecule is CC.Cc1nc2c(ccn2C)c(C)c1C=O. The third-order valence-corrected chi connectivity index (χ3v) is 2.63. The maximum Gasteiger partial charge on any atom is 0.152 e. The first-order valence-electron chi connectivity index (χ1n) is 5.52. The highest BCUT2D eigenvalue weighted by Gasteiger charge is 2.09. The van der Waals surface area contributed by atoms with Crippen LogP contribution in [0, 0.1) is 13.8 Å². The van der Waals surface area contributed by atoms with Crippen LogP contribution in [0.4, 0.5) is 0 Å². The standard InChI is InChI=1S/C11H12N2O.C2H6/c1-7-9-4-5-13(3)11(9)12-8(2)10(7)6-14;1-2/h4-6H,1-3H3;1-2H3. The van der Waals surface area contributed by atoms with Gasteiger partial charge in [-0.1, -0.05) is 13.8 Å². The van der Waals surface area contributed by atoms with E-state index in [9.17, 15) is 4.79 Å². The Hall–Kier alpha value is -1.64. The fourth-order valence-corrected chi connectivity index (χ4v) is 1.76. The van der Waals surface area contributed by atoms with Gasteiger partial charge in [0, 0.05) is 24.2 Å². The smallest absolute Gasteiger partial charge is 0.152 e. The van der Waals surface area contributed by atoms with Crippen molar-refractivity contribution in [1.82, 2.24) is 9.55 Å². The van der Waals surface area contributed by atoms with E-state index in [4.69, 9.17) is 0 Å². The molecule has 0 saturated heterocycles. The first kappa shape index (κ1) is 12.4. The zero-order chi connectivity index (χ0) is 12.3. The quantitative estimate of drug-likeness (QED) is 0.689. The van der Waals surface area contributed by atoms with E-state index < -0.39 is 0 Å². The number of carbonyl (C=O) groups excluding carboxylic acids is 1. The Labute approximate surface area is 96.1 Å². The summed E-state index contributed by atoms with van der Waals surface area (Å²) >= 11 is 0. The van der Waals surface area contributed by atoms with Gasteiger partial charge in [0.25, 0.3) is 0 Å². The molecule has 0 radical (unpaired) electrons. The molecule has 0 aliphatic rings. The summed E-state index contributed by atoms with van der Waals surface area (Å²) in [6.07, 6.45) is 2.84. The van der Waals surface area contributed by atoms with Crippen molar-refractivity contribution in [1.29, 1.82) is 0 Å². The number of aldehydes is 1. The lowest BCUT2D eigenvalue weighted by Crippen LogP contribution is -1.98. The van der Waals surface area contributed by atoms with Crippen LogP contribution in [0.3, 0.4) is 0 Å². The fraction of sp³-hybridized carbons (Fsp3) is 0.385. The molecule has 2 heterocycles. The van der Waals surface area contributed by atoms with Crippen LogP contribution >= 0.6 is 0 Å². The van der Waals surface area contributed by atoms with E-state index in [2.05, 4.69) is 4.98 Å². The van der Waals surface area contributed by atoms with Crippen molar-refractivity contribution in [2.24, 2.45) is 7.05 Å². The number of aromatic nitrogens is 2. The predicted octanol–water partition coefficient (Wildman–Crippen LogP) is 3.03. The van der Waals surface area contributed by atoms with Gasteiger partial charge in [-0.05, 0) is 25.5 Å². The molecule has 0 N–H and O–H groups in total. The summed E-state index contributed by atoms with van der Waals surface area (Å²) in [6.45, 7) is 7.82. The average molecular weight is 218 g/mol. The molecular weight excluding hydrogens is 200 g/mol. The molecular formula is C13H18N2O. The monoisotopic (exact) mass is 218 g/mol. The number of hydrogen-bond acceptors (Lipinski definition) is 2. The van der Waals surface area contributed by atoms with Crippen molar-refractivity contribution in [3.8, 4) is 0 Å². The molecule has 0 bridgehead atoms. The Morgan fingerprint density at radius 2 is 1.94 bits per heavy atom. The van der Waals surface area contributed by atoms with Gasteiger partial charge in [-0.25, -0.2) is 4.98 Å². The summed E-state index contributed by atoms with van der Waals surface area (Å²) in [5.74, 6) is 0. The van der Waals surface area contributed by atoms with Crippen LogP contribution < -0.4 is 0 Å². The molecule has 2 rings (SSSR count). The van der Waals surface area contributed by atoms with Gasteiger partial charge in [0.2, 0.25) is 0 Å². The van der Waals surface area contributed by atoms with Crippen molar-refractivity contribution in [3.63, 3.8) is 0 Å². The lowest BCUT2D eigenvalue weighted by Gasteiger charge is -2.05.